The lowest BCUT2D eigenvalue weighted by atomic mass is 9.95. The van der Waals surface area contributed by atoms with Crippen LogP contribution in [0, 0.1) is 15.9 Å². The van der Waals surface area contributed by atoms with Crippen LogP contribution >= 0.6 is 11.8 Å². The number of thioether (sulfide) groups is 1. The molecule has 0 saturated carbocycles. The first-order valence-corrected chi connectivity index (χ1v) is 8.56. The number of nitrogens with zero attached hydrogens (tertiary/aromatic N) is 2. The number of hydrogen-bond acceptors (Lipinski definition) is 5. The van der Waals surface area contributed by atoms with Crippen LogP contribution in [0.1, 0.15) is 22.5 Å². The molecule has 25 heavy (non-hydrogen) atoms. The monoisotopic (exact) mass is 356 g/mol. The molecule has 5 nitrogen and oxygen atoms in total. The SMILES string of the molecule is O=[N+]([O-])[C@H]1[C@H](O)c2cc3ccccc3nc2S[C@@H]1c1ccc(F)cc1. The molecular weight excluding hydrogens is 343 g/mol. The third-order valence-electron chi connectivity index (χ3n) is 4.35. The molecule has 3 aromatic rings. The van der Waals surface area contributed by atoms with Crippen molar-refractivity contribution in [3.8, 4) is 0 Å². The molecule has 0 unspecified atom stereocenters. The number of aliphatic hydroxyl groups is 1. The number of rotatable bonds is 2. The zero-order valence-electron chi connectivity index (χ0n) is 12.9. The summed E-state index contributed by atoms with van der Waals surface area (Å²) in [6.07, 6.45) is -1.28. The summed E-state index contributed by atoms with van der Waals surface area (Å²) in [5.41, 5.74) is 1.81. The van der Waals surface area contributed by atoms with Crippen LogP contribution in [-0.2, 0) is 0 Å². The lowest BCUT2D eigenvalue weighted by molar-refractivity contribution is -0.536. The Kier molecular flexibility index (Phi) is 3.89. The zero-order valence-corrected chi connectivity index (χ0v) is 13.7. The minimum Gasteiger partial charge on any atom is -0.381 e. The van der Waals surface area contributed by atoms with Gasteiger partial charge in [0.2, 0.25) is 0 Å². The summed E-state index contributed by atoms with van der Waals surface area (Å²) in [7, 11) is 0. The van der Waals surface area contributed by atoms with E-state index in [1.54, 1.807) is 6.07 Å². The highest BCUT2D eigenvalue weighted by Gasteiger charge is 2.46. The van der Waals surface area contributed by atoms with Gasteiger partial charge in [-0.2, -0.15) is 0 Å². The second kappa shape index (κ2) is 6.09. The molecule has 3 atom stereocenters. The van der Waals surface area contributed by atoms with Crippen molar-refractivity contribution in [3.05, 3.63) is 81.7 Å². The molecule has 2 aromatic carbocycles. The number of hydrogen-bond donors (Lipinski definition) is 1. The number of fused-ring (bicyclic) bond motifs is 2. The molecule has 0 aliphatic carbocycles. The molecule has 1 aliphatic heterocycles. The Morgan fingerprint density at radius 3 is 2.60 bits per heavy atom. The van der Waals surface area contributed by atoms with Crippen molar-refractivity contribution < 1.29 is 14.4 Å². The fraction of sp³-hybridized carbons (Fsp3) is 0.167. The summed E-state index contributed by atoms with van der Waals surface area (Å²) in [5.74, 6) is -0.410. The molecule has 2 heterocycles. The Morgan fingerprint density at radius 1 is 1.16 bits per heavy atom. The zero-order chi connectivity index (χ0) is 17.6. The van der Waals surface area contributed by atoms with Crippen molar-refractivity contribution in [3.63, 3.8) is 0 Å². The van der Waals surface area contributed by atoms with Gasteiger partial charge in [0.1, 0.15) is 16.1 Å². The fourth-order valence-corrected chi connectivity index (χ4v) is 4.49. The van der Waals surface area contributed by atoms with Gasteiger partial charge in [0.15, 0.2) is 6.10 Å². The second-order valence-corrected chi connectivity index (χ2v) is 7.02. The molecule has 4 rings (SSSR count). The first kappa shape index (κ1) is 16.0. The van der Waals surface area contributed by atoms with Gasteiger partial charge in [-0.15, -0.1) is 0 Å². The molecule has 0 radical (unpaired) electrons. The number of pyridine rings is 1. The summed E-state index contributed by atoms with van der Waals surface area (Å²) in [6.45, 7) is 0. The van der Waals surface area contributed by atoms with E-state index in [9.17, 15) is 19.6 Å². The lowest BCUT2D eigenvalue weighted by Crippen LogP contribution is -2.35. The minimum atomic E-state index is -1.28. The van der Waals surface area contributed by atoms with E-state index < -0.39 is 28.1 Å². The fourth-order valence-electron chi connectivity index (χ4n) is 3.10. The van der Waals surface area contributed by atoms with Crippen molar-refractivity contribution in [2.45, 2.75) is 22.4 Å². The second-order valence-electron chi connectivity index (χ2n) is 5.89. The molecule has 126 valence electrons. The average molecular weight is 356 g/mol. The van der Waals surface area contributed by atoms with Gasteiger partial charge in [0.25, 0.3) is 6.04 Å². The van der Waals surface area contributed by atoms with Gasteiger partial charge in [-0.3, -0.25) is 10.1 Å². The summed E-state index contributed by atoms with van der Waals surface area (Å²) in [4.78, 5) is 15.7. The number of benzene rings is 2. The normalized spacial score (nSPS) is 22.6. The standard InChI is InChI=1S/C18H13FN2O3S/c19-12-7-5-10(6-8-12)17-15(21(23)24)16(22)13-9-11-3-1-2-4-14(11)20-18(13)25-17/h1-9,15-17,22H/t15-,16+,17+/m0/s1. The Hall–Kier alpha value is -2.51. The van der Waals surface area contributed by atoms with Crippen molar-refractivity contribution in [1.82, 2.24) is 4.98 Å². The quantitative estimate of drug-likeness (QED) is 0.557. The first-order chi connectivity index (χ1) is 12.0. The lowest BCUT2D eigenvalue weighted by Gasteiger charge is -2.30. The summed E-state index contributed by atoms with van der Waals surface area (Å²) in [6, 6.07) is 13.5. The van der Waals surface area contributed by atoms with E-state index in [1.165, 1.54) is 36.0 Å². The molecule has 0 amide bonds. The van der Waals surface area contributed by atoms with Gasteiger partial charge in [0.05, 0.1) is 5.52 Å². The predicted molar refractivity (Wildman–Crippen MR) is 92.5 cm³/mol. The highest BCUT2D eigenvalue weighted by atomic mass is 32.2. The molecule has 0 fully saturated rings. The molecule has 1 N–H and O–H groups in total. The van der Waals surface area contributed by atoms with E-state index in [0.717, 1.165) is 10.9 Å². The Morgan fingerprint density at radius 2 is 1.88 bits per heavy atom. The largest absolute Gasteiger partial charge is 0.381 e. The average Bonchev–Trinajstić information content (AvgIpc) is 2.60. The van der Waals surface area contributed by atoms with Crippen LogP contribution in [0.2, 0.25) is 0 Å². The number of para-hydroxylation sites is 1. The molecule has 0 bridgehead atoms. The third-order valence-corrected chi connectivity index (χ3v) is 5.70. The maximum absolute atomic E-state index is 13.2. The van der Waals surface area contributed by atoms with E-state index in [4.69, 9.17) is 0 Å². The predicted octanol–water partition coefficient (Wildman–Crippen LogP) is 3.90. The molecule has 0 spiro atoms. The van der Waals surface area contributed by atoms with E-state index >= 15 is 0 Å². The van der Waals surface area contributed by atoms with Crippen LogP contribution in [0.15, 0.2) is 59.6 Å². The van der Waals surface area contributed by atoms with Crippen LogP contribution in [0.4, 0.5) is 4.39 Å². The van der Waals surface area contributed by atoms with E-state index in [1.807, 2.05) is 24.3 Å². The molecule has 0 saturated heterocycles. The van der Waals surface area contributed by atoms with Crippen LogP contribution in [0.5, 0.6) is 0 Å². The maximum Gasteiger partial charge on any atom is 0.258 e. The van der Waals surface area contributed by atoms with Gasteiger partial charge in [-0.05, 0) is 29.8 Å². The summed E-state index contributed by atoms with van der Waals surface area (Å²) in [5, 5.41) is 23.0. The van der Waals surface area contributed by atoms with E-state index in [0.29, 0.717) is 16.2 Å². The maximum atomic E-state index is 13.2. The van der Waals surface area contributed by atoms with E-state index in [2.05, 4.69) is 4.98 Å². The Labute approximate surface area is 146 Å². The number of aromatic nitrogens is 1. The summed E-state index contributed by atoms with van der Waals surface area (Å²) < 4.78 is 13.2. The minimum absolute atomic E-state index is 0.410. The van der Waals surface area contributed by atoms with Crippen molar-refractivity contribution in [2.24, 2.45) is 0 Å². The van der Waals surface area contributed by atoms with Gasteiger partial charge in [-0.25, -0.2) is 9.37 Å². The molecule has 7 heteroatoms. The third kappa shape index (κ3) is 2.75. The molecule has 1 aromatic heterocycles. The van der Waals surface area contributed by atoms with E-state index in [-0.39, 0.29) is 0 Å². The van der Waals surface area contributed by atoms with Gasteiger partial charge in [-0.1, -0.05) is 42.1 Å². The smallest absolute Gasteiger partial charge is 0.258 e. The molecule has 1 aliphatic rings. The van der Waals surface area contributed by atoms with Gasteiger partial charge < -0.3 is 5.11 Å². The number of halogens is 1. The van der Waals surface area contributed by atoms with Gasteiger partial charge in [0, 0.05) is 15.9 Å². The van der Waals surface area contributed by atoms with Crippen LogP contribution in [-0.4, -0.2) is 21.1 Å². The highest BCUT2D eigenvalue weighted by Crippen LogP contribution is 2.49. The van der Waals surface area contributed by atoms with Crippen molar-refractivity contribution >= 4 is 22.7 Å². The summed E-state index contributed by atoms with van der Waals surface area (Å²) >= 11 is 1.24. The van der Waals surface area contributed by atoms with Gasteiger partial charge >= 0.3 is 0 Å². The molecular formula is C18H13FN2O3S. The van der Waals surface area contributed by atoms with Crippen LogP contribution in [0.3, 0.4) is 0 Å². The number of aliphatic hydroxyl groups excluding tert-OH is 1. The van der Waals surface area contributed by atoms with Crippen molar-refractivity contribution in [1.29, 1.82) is 0 Å². The Balaban J connectivity index is 1.86. The first-order valence-electron chi connectivity index (χ1n) is 7.68. The van der Waals surface area contributed by atoms with Crippen molar-refractivity contribution in [2.75, 3.05) is 0 Å². The highest BCUT2D eigenvalue weighted by molar-refractivity contribution is 7.99. The van der Waals surface area contributed by atoms with Crippen LogP contribution < -0.4 is 0 Å². The number of nitro groups is 1. The topological polar surface area (TPSA) is 76.3 Å². The Bertz CT molecular complexity index is 964. The van der Waals surface area contributed by atoms with Crippen LogP contribution in [0.25, 0.3) is 10.9 Å².